The minimum Gasteiger partial charge on any atom is -0.507 e. The SMILES string of the molecule is O=S(=O)(O)c1ccc(O)c2ccccc12.O=S(=O)(O)c1cccc2c(O)cccc12. The van der Waals surface area contributed by atoms with Crippen LogP contribution < -0.4 is 0 Å². The average molecular weight is 448 g/mol. The summed E-state index contributed by atoms with van der Waals surface area (Å²) in [5.74, 6) is -0.0315. The molecule has 0 radical (unpaired) electrons. The van der Waals surface area contributed by atoms with E-state index in [1.54, 1.807) is 24.3 Å². The molecule has 0 atom stereocenters. The van der Waals surface area contributed by atoms with Gasteiger partial charge in [0.05, 0.1) is 0 Å². The number of benzene rings is 4. The Morgan fingerprint density at radius 2 is 0.867 bits per heavy atom. The van der Waals surface area contributed by atoms with E-state index in [1.165, 1.54) is 48.5 Å². The molecule has 0 bridgehead atoms. The van der Waals surface area contributed by atoms with Gasteiger partial charge in [-0.1, -0.05) is 48.5 Å². The number of rotatable bonds is 2. The fourth-order valence-corrected chi connectivity index (χ4v) is 4.37. The van der Waals surface area contributed by atoms with Crippen molar-refractivity contribution in [2.24, 2.45) is 0 Å². The van der Waals surface area contributed by atoms with Crippen LogP contribution in [0.5, 0.6) is 11.5 Å². The van der Waals surface area contributed by atoms with E-state index < -0.39 is 20.2 Å². The quantitative estimate of drug-likeness (QED) is 0.340. The van der Waals surface area contributed by atoms with Crippen LogP contribution >= 0.6 is 0 Å². The molecule has 0 aliphatic rings. The first-order valence-corrected chi connectivity index (χ1v) is 11.2. The van der Waals surface area contributed by atoms with Crippen LogP contribution in [-0.4, -0.2) is 36.2 Å². The van der Waals surface area contributed by atoms with Gasteiger partial charge >= 0.3 is 0 Å². The van der Waals surface area contributed by atoms with Crippen LogP contribution in [0, 0.1) is 0 Å². The molecule has 4 aromatic carbocycles. The molecule has 4 rings (SSSR count). The van der Waals surface area contributed by atoms with Crippen molar-refractivity contribution in [1.82, 2.24) is 0 Å². The average Bonchev–Trinajstić information content (AvgIpc) is 2.67. The minimum absolute atomic E-state index is 0.0157. The molecule has 0 aliphatic carbocycles. The van der Waals surface area contributed by atoms with Gasteiger partial charge in [-0.05, 0) is 24.3 Å². The molecule has 30 heavy (non-hydrogen) atoms. The first kappa shape index (κ1) is 21.5. The fourth-order valence-electron chi connectivity index (χ4n) is 2.97. The van der Waals surface area contributed by atoms with Gasteiger partial charge in [-0.15, -0.1) is 0 Å². The number of hydrogen-bond acceptors (Lipinski definition) is 6. The molecule has 0 unspecified atom stereocenters. The monoisotopic (exact) mass is 448 g/mol. The zero-order valence-electron chi connectivity index (χ0n) is 15.2. The largest absolute Gasteiger partial charge is 0.507 e. The van der Waals surface area contributed by atoms with Crippen molar-refractivity contribution in [2.45, 2.75) is 9.79 Å². The van der Waals surface area contributed by atoms with Crippen LogP contribution in [0.3, 0.4) is 0 Å². The molecule has 0 amide bonds. The molecule has 0 aliphatic heterocycles. The lowest BCUT2D eigenvalue weighted by molar-refractivity contribution is 0.477. The van der Waals surface area contributed by atoms with Crippen LogP contribution in [0.2, 0.25) is 0 Å². The van der Waals surface area contributed by atoms with Crippen molar-refractivity contribution in [1.29, 1.82) is 0 Å². The molecule has 0 spiro atoms. The fraction of sp³-hybridized carbons (Fsp3) is 0. The number of hydrogen-bond donors (Lipinski definition) is 4. The molecule has 4 aromatic rings. The highest BCUT2D eigenvalue weighted by molar-refractivity contribution is 7.86. The van der Waals surface area contributed by atoms with E-state index in [2.05, 4.69) is 0 Å². The molecule has 10 heteroatoms. The number of aromatic hydroxyl groups is 2. The summed E-state index contributed by atoms with van der Waals surface area (Å²) in [7, 11) is -8.51. The Kier molecular flexibility index (Phi) is 5.68. The number of fused-ring (bicyclic) bond motifs is 2. The molecule has 0 saturated heterocycles. The van der Waals surface area contributed by atoms with E-state index in [9.17, 15) is 27.0 Å². The van der Waals surface area contributed by atoms with E-state index in [-0.39, 0.29) is 21.3 Å². The van der Waals surface area contributed by atoms with Crippen molar-refractivity contribution in [3.8, 4) is 11.5 Å². The second kappa shape index (κ2) is 7.92. The van der Waals surface area contributed by atoms with Crippen molar-refractivity contribution < 1.29 is 36.2 Å². The molecule has 156 valence electrons. The topological polar surface area (TPSA) is 149 Å². The van der Waals surface area contributed by atoms with E-state index >= 15 is 0 Å². The van der Waals surface area contributed by atoms with E-state index in [0.29, 0.717) is 21.5 Å². The predicted octanol–water partition coefficient (Wildman–Crippen LogP) is 3.58. The Morgan fingerprint density at radius 1 is 0.467 bits per heavy atom. The lowest BCUT2D eigenvalue weighted by Crippen LogP contribution is -1.98. The van der Waals surface area contributed by atoms with Crippen molar-refractivity contribution >= 4 is 41.8 Å². The molecule has 0 saturated carbocycles. The van der Waals surface area contributed by atoms with Crippen LogP contribution in [0.25, 0.3) is 21.5 Å². The van der Waals surface area contributed by atoms with Gasteiger partial charge in [0.15, 0.2) is 0 Å². The standard InChI is InChI=1S/2C10H8O4S/c11-9-5-1-4-8-7(9)3-2-6-10(8)15(12,13)14;11-9-5-6-10(15(12,13)14)8-4-2-1-3-7(8)9/h2*1-6,11H,(H,12,13,14). The number of phenols is 2. The van der Waals surface area contributed by atoms with E-state index in [0.717, 1.165) is 0 Å². The number of phenolic OH excluding ortho intramolecular Hbond substituents is 2. The third-order valence-corrected chi connectivity index (χ3v) is 6.10. The normalized spacial score (nSPS) is 11.8. The minimum atomic E-state index is -4.26. The van der Waals surface area contributed by atoms with Gasteiger partial charge in [0.25, 0.3) is 20.2 Å². The molecular weight excluding hydrogens is 432 g/mol. The third-order valence-electron chi connectivity index (χ3n) is 4.28. The van der Waals surface area contributed by atoms with Crippen LogP contribution in [0.1, 0.15) is 0 Å². The van der Waals surface area contributed by atoms with Crippen molar-refractivity contribution in [3.05, 3.63) is 72.8 Å². The second-order valence-electron chi connectivity index (χ2n) is 6.21. The first-order chi connectivity index (χ1) is 14.0. The Balaban J connectivity index is 0.000000171. The Labute approximate surface area is 172 Å². The summed E-state index contributed by atoms with van der Waals surface area (Å²) >= 11 is 0. The second-order valence-corrected chi connectivity index (χ2v) is 8.99. The zero-order chi connectivity index (χ0) is 22.1. The summed E-state index contributed by atoms with van der Waals surface area (Å²) in [5.41, 5.74) is 0. The molecule has 8 nitrogen and oxygen atoms in total. The van der Waals surface area contributed by atoms with Crippen molar-refractivity contribution in [2.75, 3.05) is 0 Å². The Morgan fingerprint density at radius 3 is 1.43 bits per heavy atom. The summed E-state index contributed by atoms with van der Waals surface area (Å²) in [6.07, 6.45) is 0. The Hall–Kier alpha value is -3.18. The highest BCUT2D eigenvalue weighted by Gasteiger charge is 2.15. The summed E-state index contributed by atoms with van der Waals surface area (Å²) in [5, 5.41) is 20.4. The predicted molar refractivity (Wildman–Crippen MR) is 111 cm³/mol. The third kappa shape index (κ3) is 4.36. The lowest BCUT2D eigenvalue weighted by atomic mass is 10.1. The van der Waals surface area contributed by atoms with Gasteiger partial charge in [0, 0.05) is 21.5 Å². The van der Waals surface area contributed by atoms with Crippen LogP contribution in [0.4, 0.5) is 0 Å². The van der Waals surface area contributed by atoms with E-state index in [4.69, 9.17) is 9.11 Å². The van der Waals surface area contributed by atoms with Gasteiger partial charge in [-0.3, -0.25) is 9.11 Å². The lowest BCUT2D eigenvalue weighted by Gasteiger charge is -2.04. The maximum Gasteiger partial charge on any atom is 0.295 e. The van der Waals surface area contributed by atoms with Gasteiger partial charge in [-0.2, -0.15) is 16.8 Å². The Bertz CT molecular complexity index is 1390. The maximum absolute atomic E-state index is 11.0. The molecule has 0 fully saturated rings. The van der Waals surface area contributed by atoms with E-state index in [1.807, 2.05) is 0 Å². The van der Waals surface area contributed by atoms with Crippen LogP contribution in [0.15, 0.2) is 82.6 Å². The smallest absolute Gasteiger partial charge is 0.295 e. The zero-order valence-corrected chi connectivity index (χ0v) is 16.8. The van der Waals surface area contributed by atoms with Gasteiger partial charge in [0.1, 0.15) is 21.3 Å². The van der Waals surface area contributed by atoms with Gasteiger partial charge in [-0.25, -0.2) is 0 Å². The summed E-state index contributed by atoms with van der Waals surface area (Å²) in [4.78, 5) is -0.396. The molecule has 4 N–H and O–H groups in total. The molecule has 0 heterocycles. The van der Waals surface area contributed by atoms with Crippen molar-refractivity contribution in [3.63, 3.8) is 0 Å². The highest BCUT2D eigenvalue weighted by Crippen LogP contribution is 2.30. The molecule has 0 aromatic heterocycles. The molecular formula is C20H16O8S2. The van der Waals surface area contributed by atoms with Crippen LogP contribution in [-0.2, 0) is 20.2 Å². The summed E-state index contributed by atoms with van der Waals surface area (Å²) in [6.45, 7) is 0. The highest BCUT2D eigenvalue weighted by atomic mass is 32.2. The van der Waals surface area contributed by atoms with Gasteiger partial charge in [0.2, 0.25) is 0 Å². The summed E-state index contributed by atoms with van der Waals surface area (Å²) < 4.78 is 62.1. The maximum atomic E-state index is 11.0. The summed E-state index contributed by atoms with van der Waals surface area (Å²) in [6, 6.07) is 17.7. The first-order valence-electron chi connectivity index (χ1n) is 8.36. The van der Waals surface area contributed by atoms with Gasteiger partial charge < -0.3 is 10.2 Å².